The van der Waals surface area contributed by atoms with E-state index in [0.29, 0.717) is 11.8 Å². The number of carbonyl (C=O) groups is 1. The van der Waals surface area contributed by atoms with E-state index in [0.717, 1.165) is 25.4 Å². The Balaban J connectivity index is 2.14. The summed E-state index contributed by atoms with van der Waals surface area (Å²) in [5, 5.41) is 3.46. The minimum Gasteiger partial charge on any atom is -0.497 e. The van der Waals surface area contributed by atoms with E-state index in [1.165, 1.54) is 5.56 Å². The Bertz CT molecular complexity index is 487. The number of carbonyl (C=O) groups excluding carboxylic acids is 1. The van der Waals surface area contributed by atoms with Gasteiger partial charge < -0.3 is 15.0 Å². The minimum absolute atomic E-state index is 0.154. The molecule has 0 aliphatic carbocycles. The topological polar surface area (TPSA) is 41.6 Å². The lowest BCUT2D eigenvalue weighted by atomic mass is 9.88. The Morgan fingerprint density at radius 3 is 2.81 bits per heavy atom. The van der Waals surface area contributed by atoms with Crippen molar-refractivity contribution in [2.75, 3.05) is 26.7 Å². The molecule has 0 radical (unpaired) electrons. The third kappa shape index (κ3) is 3.76. The number of hydrogen-bond donors (Lipinski definition) is 1. The number of ether oxygens (including phenoxy) is 1. The van der Waals surface area contributed by atoms with E-state index in [1.807, 2.05) is 17.0 Å². The first-order chi connectivity index (χ1) is 10.0. The molecule has 4 nitrogen and oxygen atoms in total. The second-order valence-electron chi connectivity index (χ2n) is 6.07. The van der Waals surface area contributed by atoms with E-state index >= 15 is 0 Å². The largest absolute Gasteiger partial charge is 0.497 e. The van der Waals surface area contributed by atoms with Crippen LogP contribution in [-0.2, 0) is 4.79 Å². The molecule has 1 aliphatic heterocycles. The van der Waals surface area contributed by atoms with Crippen molar-refractivity contribution < 1.29 is 9.53 Å². The van der Waals surface area contributed by atoms with Crippen LogP contribution in [0.3, 0.4) is 0 Å². The molecule has 0 spiro atoms. The molecule has 1 aromatic rings. The molecule has 0 aromatic heterocycles. The number of benzene rings is 1. The maximum Gasteiger partial charge on any atom is 0.219 e. The van der Waals surface area contributed by atoms with Gasteiger partial charge in [-0.1, -0.05) is 12.1 Å². The first-order valence-electron chi connectivity index (χ1n) is 7.64. The maximum absolute atomic E-state index is 11.8. The van der Waals surface area contributed by atoms with Gasteiger partial charge in [-0.05, 0) is 37.5 Å². The molecule has 2 rings (SSSR count). The van der Waals surface area contributed by atoms with E-state index in [-0.39, 0.29) is 11.9 Å². The van der Waals surface area contributed by atoms with Crippen LogP contribution in [0.4, 0.5) is 0 Å². The number of nitrogens with one attached hydrogen (secondary N) is 1. The van der Waals surface area contributed by atoms with Crippen molar-refractivity contribution in [2.24, 2.45) is 5.92 Å². The highest BCUT2D eigenvalue weighted by molar-refractivity contribution is 5.73. The van der Waals surface area contributed by atoms with Gasteiger partial charge in [0.15, 0.2) is 0 Å². The number of rotatable bonds is 5. The molecule has 1 amide bonds. The van der Waals surface area contributed by atoms with E-state index < -0.39 is 0 Å². The summed E-state index contributed by atoms with van der Waals surface area (Å²) in [6.07, 6.45) is 0. The molecule has 21 heavy (non-hydrogen) atoms. The smallest absolute Gasteiger partial charge is 0.219 e. The zero-order valence-corrected chi connectivity index (χ0v) is 13.4. The summed E-state index contributed by atoms with van der Waals surface area (Å²) in [6.45, 7) is 8.53. The predicted molar refractivity (Wildman–Crippen MR) is 84.6 cm³/mol. The van der Waals surface area contributed by atoms with Crippen LogP contribution in [0.25, 0.3) is 0 Å². The van der Waals surface area contributed by atoms with Crippen molar-refractivity contribution in [3.63, 3.8) is 0 Å². The normalized spacial score (nSPS) is 21.6. The zero-order valence-electron chi connectivity index (χ0n) is 13.4. The summed E-state index contributed by atoms with van der Waals surface area (Å²) in [6, 6.07) is 8.51. The minimum atomic E-state index is 0.154. The lowest BCUT2D eigenvalue weighted by molar-refractivity contribution is -0.131. The van der Waals surface area contributed by atoms with Gasteiger partial charge in [0.2, 0.25) is 5.91 Å². The molecule has 0 unspecified atom stereocenters. The first kappa shape index (κ1) is 15.8. The van der Waals surface area contributed by atoms with Crippen LogP contribution in [0.2, 0.25) is 0 Å². The van der Waals surface area contributed by atoms with Crippen LogP contribution in [0.15, 0.2) is 24.3 Å². The molecule has 1 N–H and O–H groups in total. The molecule has 1 aliphatic rings. The van der Waals surface area contributed by atoms with Gasteiger partial charge in [0.1, 0.15) is 5.75 Å². The molecular formula is C17H26N2O2. The van der Waals surface area contributed by atoms with Gasteiger partial charge in [0.05, 0.1) is 7.11 Å². The molecule has 116 valence electrons. The fraction of sp³-hybridized carbons (Fsp3) is 0.588. The standard InChI is InChI=1S/C17H26N2O2/c1-12(2)19(13(3)20)11-15-9-18-10-17(15)14-6-5-7-16(8-14)21-4/h5-8,12,15,17-18H,9-11H2,1-4H3/t15-,17+/m1/s1. The molecule has 1 aromatic carbocycles. The summed E-state index contributed by atoms with van der Waals surface area (Å²) in [4.78, 5) is 13.8. The lowest BCUT2D eigenvalue weighted by Gasteiger charge is -2.30. The van der Waals surface area contributed by atoms with Crippen molar-refractivity contribution in [2.45, 2.75) is 32.7 Å². The van der Waals surface area contributed by atoms with E-state index in [4.69, 9.17) is 4.74 Å². The molecule has 0 bridgehead atoms. The van der Waals surface area contributed by atoms with Gasteiger partial charge in [0.25, 0.3) is 0 Å². The van der Waals surface area contributed by atoms with Crippen molar-refractivity contribution in [1.82, 2.24) is 10.2 Å². The summed E-state index contributed by atoms with van der Waals surface area (Å²) < 4.78 is 5.32. The Labute approximate surface area is 127 Å². The fourth-order valence-corrected chi connectivity index (χ4v) is 3.14. The zero-order chi connectivity index (χ0) is 15.4. The van der Waals surface area contributed by atoms with Crippen molar-refractivity contribution in [3.8, 4) is 5.75 Å². The van der Waals surface area contributed by atoms with Crippen LogP contribution in [-0.4, -0.2) is 43.6 Å². The number of hydrogen-bond acceptors (Lipinski definition) is 3. The fourth-order valence-electron chi connectivity index (χ4n) is 3.14. The summed E-state index contributed by atoms with van der Waals surface area (Å²) in [5.74, 6) is 1.93. The summed E-state index contributed by atoms with van der Waals surface area (Å²) in [5.41, 5.74) is 1.29. The highest BCUT2D eigenvalue weighted by atomic mass is 16.5. The van der Waals surface area contributed by atoms with Gasteiger partial charge >= 0.3 is 0 Å². The highest BCUT2D eigenvalue weighted by Gasteiger charge is 2.31. The third-order valence-electron chi connectivity index (χ3n) is 4.32. The average Bonchev–Trinajstić information content (AvgIpc) is 2.92. The summed E-state index contributed by atoms with van der Waals surface area (Å²) >= 11 is 0. The van der Waals surface area contributed by atoms with Crippen molar-refractivity contribution >= 4 is 5.91 Å². The molecule has 0 saturated carbocycles. The molecule has 1 heterocycles. The lowest BCUT2D eigenvalue weighted by Crippen LogP contribution is -2.40. The highest BCUT2D eigenvalue weighted by Crippen LogP contribution is 2.31. The van der Waals surface area contributed by atoms with E-state index in [2.05, 4.69) is 31.3 Å². The Morgan fingerprint density at radius 1 is 1.43 bits per heavy atom. The van der Waals surface area contributed by atoms with Crippen molar-refractivity contribution in [3.05, 3.63) is 29.8 Å². The molecule has 1 fully saturated rings. The second kappa shape index (κ2) is 6.94. The van der Waals surface area contributed by atoms with Crippen LogP contribution in [0.5, 0.6) is 5.75 Å². The molecule has 1 saturated heterocycles. The number of amides is 1. The molecule has 2 atom stereocenters. The molecular weight excluding hydrogens is 264 g/mol. The van der Waals surface area contributed by atoms with Gasteiger partial charge in [-0.3, -0.25) is 4.79 Å². The number of nitrogens with zero attached hydrogens (tertiary/aromatic N) is 1. The SMILES string of the molecule is COc1cccc([C@@H]2CNC[C@@H]2CN(C(C)=O)C(C)C)c1. The average molecular weight is 290 g/mol. The van der Waals surface area contributed by atoms with Crippen molar-refractivity contribution in [1.29, 1.82) is 0 Å². The van der Waals surface area contributed by atoms with Gasteiger partial charge in [-0.25, -0.2) is 0 Å². The maximum atomic E-state index is 11.8. The summed E-state index contributed by atoms with van der Waals surface area (Å²) in [7, 11) is 1.69. The third-order valence-corrected chi connectivity index (χ3v) is 4.32. The number of methoxy groups -OCH3 is 1. The first-order valence-corrected chi connectivity index (χ1v) is 7.64. The Hall–Kier alpha value is -1.55. The Morgan fingerprint density at radius 2 is 2.19 bits per heavy atom. The second-order valence-corrected chi connectivity index (χ2v) is 6.07. The van der Waals surface area contributed by atoms with Crippen LogP contribution >= 0.6 is 0 Å². The Kier molecular flexibility index (Phi) is 5.23. The van der Waals surface area contributed by atoms with Crippen LogP contribution in [0, 0.1) is 5.92 Å². The van der Waals surface area contributed by atoms with E-state index in [9.17, 15) is 4.79 Å². The van der Waals surface area contributed by atoms with E-state index in [1.54, 1.807) is 14.0 Å². The quantitative estimate of drug-likeness (QED) is 0.904. The van der Waals surface area contributed by atoms with Gasteiger partial charge in [-0.2, -0.15) is 0 Å². The molecule has 4 heteroatoms. The van der Waals surface area contributed by atoms with Crippen LogP contribution < -0.4 is 10.1 Å². The van der Waals surface area contributed by atoms with Gasteiger partial charge in [-0.15, -0.1) is 0 Å². The van der Waals surface area contributed by atoms with Gasteiger partial charge in [0, 0.05) is 38.5 Å². The monoisotopic (exact) mass is 290 g/mol. The van der Waals surface area contributed by atoms with Crippen LogP contribution in [0.1, 0.15) is 32.3 Å². The predicted octanol–water partition coefficient (Wildman–Crippen LogP) is 2.26.